The molecule has 0 atom stereocenters. The van der Waals surface area contributed by atoms with Crippen molar-refractivity contribution >= 4 is 23.4 Å². The fourth-order valence-electron chi connectivity index (χ4n) is 4.58. The van der Waals surface area contributed by atoms with E-state index in [1.165, 1.54) is 48.4 Å². The van der Waals surface area contributed by atoms with E-state index in [1.54, 1.807) is 0 Å². The molecule has 0 bridgehead atoms. The van der Waals surface area contributed by atoms with Crippen LogP contribution in [0.5, 0.6) is 0 Å². The number of benzene rings is 1. The van der Waals surface area contributed by atoms with Crippen molar-refractivity contribution in [3.8, 4) is 0 Å². The molecule has 2 aliphatic carbocycles. The summed E-state index contributed by atoms with van der Waals surface area (Å²) in [6, 6.07) is 6.08. The van der Waals surface area contributed by atoms with Gasteiger partial charge in [0.2, 0.25) is 5.95 Å². The Hall–Kier alpha value is -3.23. The van der Waals surface area contributed by atoms with Gasteiger partial charge >= 0.3 is 0 Å². The number of fused-ring (bicyclic) bond motifs is 1. The van der Waals surface area contributed by atoms with E-state index in [0.29, 0.717) is 11.5 Å². The second kappa shape index (κ2) is 9.50. The Kier molecular flexibility index (Phi) is 6.53. The number of amides is 1. The lowest BCUT2D eigenvalue weighted by Gasteiger charge is -2.30. The molecule has 1 amide bonds. The summed E-state index contributed by atoms with van der Waals surface area (Å²) in [6.07, 6.45) is 7.99. The van der Waals surface area contributed by atoms with E-state index in [2.05, 4.69) is 15.5 Å². The lowest BCUT2D eigenvalue weighted by Crippen LogP contribution is -2.40. The average Bonchev–Trinajstić information content (AvgIpc) is 2.79. The van der Waals surface area contributed by atoms with Crippen molar-refractivity contribution in [3.63, 3.8) is 0 Å². The fraction of sp³-hybridized carbons (Fsp3) is 0.522. The van der Waals surface area contributed by atoms with Gasteiger partial charge in [0.05, 0.1) is 10.6 Å². The van der Waals surface area contributed by atoms with Crippen molar-refractivity contribution in [1.29, 1.82) is 0 Å². The number of nitro groups is 1. The monoisotopic (exact) mass is 438 g/mol. The van der Waals surface area contributed by atoms with Crippen molar-refractivity contribution in [2.45, 2.75) is 63.5 Å². The van der Waals surface area contributed by atoms with Gasteiger partial charge in [-0.3, -0.25) is 14.9 Å². The van der Waals surface area contributed by atoms with E-state index in [0.717, 1.165) is 44.3 Å². The lowest BCUT2D eigenvalue weighted by molar-refractivity contribution is -0.384. The number of aryl methyl sites for hydroxylation is 1. The SMILES string of the molecule is CN(C)c1nc(N[C@H]2CC[C@@H](NC(=O)c3ccc([N+](=O)[O-])cc3)CC2)nc2c1CCCC2. The third-order valence-corrected chi connectivity index (χ3v) is 6.32. The molecule has 1 saturated carbocycles. The summed E-state index contributed by atoms with van der Waals surface area (Å²) in [6.45, 7) is 0. The summed E-state index contributed by atoms with van der Waals surface area (Å²) < 4.78 is 0. The molecule has 1 aromatic carbocycles. The molecule has 0 radical (unpaired) electrons. The van der Waals surface area contributed by atoms with E-state index >= 15 is 0 Å². The molecule has 0 spiro atoms. The highest BCUT2D eigenvalue weighted by atomic mass is 16.6. The molecule has 1 fully saturated rings. The minimum Gasteiger partial charge on any atom is -0.362 e. The van der Waals surface area contributed by atoms with Crippen molar-refractivity contribution in [3.05, 3.63) is 51.2 Å². The number of hydrogen-bond donors (Lipinski definition) is 2. The molecular formula is C23H30N6O3. The van der Waals surface area contributed by atoms with Gasteiger partial charge in [0.25, 0.3) is 11.6 Å². The van der Waals surface area contributed by atoms with Crippen LogP contribution < -0.4 is 15.5 Å². The van der Waals surface area contributed by atoms with Gasteiger partial charge in [0.15, 0.2) is 0 Å². The summed E-state index contributed by atoms with van der Waals surface area (Å²) in [5.74, 6) is 1.53. The predicted molar refractivity (Wildman–Crippen MR) is 123 cm³/mol. The van der Waals surface area contributed by atoms with Crippen molar-refractivity contribution in [2.24, 2.45) is 0 Å². The zero-order valence-electron chi connectivity index (χ0n) is 18.6. The molecule has 32 heavy (non-hydrogen) atoms. The van der Waals surface area contributed by atoms with Gasteiger partial charge in [-0.25, -0.2) is 4.98 Å². The highest BCUT2D eigenvalue weighted by Crippen LogP contribution is 2.29. The van der Waals surface area contributed by atoms with Gasteiger partial charge in [-0.2, -0.15) is 4.98 Å². The first-order valence-electron chi connectivity index (χ1n) is 11.3. The summed E-state index contributed by atoms with van der Waals surface area (Å²) in [5.41, 5.74) is 2.87. The van der Waals surface area contributed by atoms with Gasteiger partial charge in [-0.15, -0.1) is 0 Å². The van der Waals surface area contributed by atoms with E-state index < -0.39 is 4.92 Å². The minimum atomic E-state index is -0.469. The Balaban J connectivity index is 1.33. The molecule has 0 unspecified atom stereocenters. The number of rotatable bonds is 6. The molecule has 2 aliphatic rings. The minimum absolute atomic E-state index is 0.0186. The largest absolute Gasteiger partial charge is 0.362 e. The zero-order valence-corrected chi connectivity index (χ0v) is 18.6. The third kappa shape index (κ3) is 4.98. The average molecular weight is 439 g/mol. The first-order valence-corrected chi connectivity index (χ1v) is 11.3. The molecule has 0 saturated heterocycles. The van der Waals surface area contributed by atoms with Crippen LogP contribution >= 0.6 is 0 Å². The van der Waals surface area contributed by atoms with Gasteiger partial charge in [0, 0.05) is 49.4 Å². The Morgan fingerprint density at radius 2 is 1.69 bits per heavy atom. The van der Waals surface area contributed by atoms with Crippen LogP contribution in [0, 0.1) is 10.1 Å². The van der Waals surface area contributed by atoms with Crippen LogP contribution in [0.15, 0.2) is 24.3 Å². The van der Waals surface area contributed by atoms with Gasteiger partial charge in [0.1, 0.15) is 5.82 Å². The van der Waals surface area contributed by atoms with Crippen molar-refractivity contribution < 1.29 is 9.72 Å². The standard InChI is InChI=1S/C23H30N6O3/c1-28(2)21-19-5-3-4-6-20(19)26-23(27-21)25-17-11-9-16(10-12-17)24-22(30)15-7-13-18(14-8-15)29(31)32/h7-8,13-14,16-17H,3-6,9-12H2,1-2H3,(H,24,30)(H,25,26,27)/t16-,17+. The Labute approximate surface area is 187 Å². The van der Waals surface area contributed by atoms with Crippen LogP contribution in [-0.4, -0.2) is 47.0 Å². The summed E-state index contributed by atoms with van der Waals surface area (Å²) >= 11 is 0. The molecule has 9 nitrogen and oxygen atoms in total. The normalized spacial score (nSPS) is 20.2. The molecule has 0 aliphatic heterocycles. The maximum atomic E-state index is 12.5. The smallest absolute Gasteiger partial charge is 0.269 e. The second-order valence-corrected chi connectivity index (χ2v) is 8.87. The topological polar surface area (TPSA) is 113 Å². The van der Waals surface area contributed by atoms with E-state index in [-0.39, 0.29) is 23.7 Å². The van der Waals surface area contributed by atoms with E-state index in [4.69, 9.17) is 9.97 Å². The van der Waals surface area contributed by atoms with Crippen LogP contribution in [0.25, 0.3) is 0 Å². The molecule has 2 N–H and O–H groups in total. The first kappa shape index (κ1) is 22.0. The first-order chi connectivity index (χ1) is 15.4. The van der Waals surface area contributed by atoms with Gasteiger partial charge < -0.3 is 15.5 Å². The number of carbonyl (C=O) groups is 1. The molecule has 1 heterocycles. The number of nitro benzene ring substituents is 1. The second-order valence-electron chi connectivity index (χ2n) is 8.87. The Bertz CT molecular complexity index is 984. The fourth-order valence-corrected chi connectivity index (χ4v) is 4.58. The van der Waals surface area contributed by atoms with Crippen LogP contribution in [0.1, 0.15) is 60.1 Å². The maximum Gasteiger partial charge on any atom is 0.269 e. The van der Waals surface area contributed by atoms with Crippen molar-refractivity contribution in [1.82, 2.24) is 15.3 Å². The highest BCUT2D eigenvalue weighted by molar-refractivity contribution is 5.94. The summed E-state index contributed by atoms with van der Waals surface area (Å²) in [5, 5.41) is 17.4. The third-order valence-electron chi connectivity index (χ3n) is 6.32. The van der Waals surface area contributed by atoms with Crippen LogP contribution in [0.3, 0.4) is 0 Å². The summed E-state index contributed by atoms with van der Waals surface area (Å²) in [4.78, 5) is 34.5. The molecular weight excluding hydrogens is 408 g/mol. The van der Waals surface area contributed by atoms with Crippen LogP contribution in [-0.2, 0) is 12.8 Å². The quantitative estimate of drug-likeness (QED) is 0.524. The summed E-state index contributed by atoms with van der Waals surface area (Å²) in [7, 11) is 4.06. The lowest BCUT2D eigenvalue weighted by atomic mass is 9.91. The highest BCUT2D eigenvalue weighted by Gasteiger charge is 2.25. The van der Waals surface area contributed by atoms with Crippen molar-refractivity contribution in [2.75, 3.05) is 24.3 Å². The Morgan fingerprint density at radius 1 is 1.03 bits per heavy atom. The van der Waals surface area contributed by atoms with E-state index in [1.807, 2.05) is 14.1 Å². The molecule has 9 heteroatoms. The molecule has 4 rings (SSSR count). The molecule has 2 aromatic rings. The number of nitrogens with zero attached hydrogens (tertiary/aromatic N) is 4. The number of carbonyl (C=O) groups excluding carboxylic acids is 1. The molecule has 1 aromatic heterocycles. The maximum absolute atomic E-state index is 12.5. The van der Waals surface area contributed by atoms with Gasteiger partial charge in [-0.05, 0) is 63.5 Å². The Morgan fingerprint density at radius 3 is 2.34 bits per heavy atom. The number of non-ortho nitro benzene ring substituents is 1. The number of nitrogens with one attached hydrogen (secondary N) is 2. The number of aromatic nitrogens is 2. The van der Waals surface area contributed by atoms with E-state index in [9.17, 15) is 14.9 Å². The number of hydrogen-bond acceptors (Lipinski definition) is 7. The predicted octanol–water partition coefficient (Wildman–Crippen LogP) is 3.48. The number of anilines is 2. The van der Waals surface area contributed by atoms with Crippen LogP contribution in [0.2, 0.25) is 0 Å². The van der Waals surface area contributed by atoms with Crippen LogP contribution in [0.4, 0.5) is 17.5 Å². The zero-order chi connectivity index (χ0) is 22.7. The molecule has 170 valence electrons. The van der Waals surface area contributed by atoms with Gasteiger partial charge in [-0.1, -0.05) is 0 Å².